The van der Waals surface area contributed by atoms with Crippen molar-refractivity contribution in [2.75, 3.05) is 25.5 Å². The van der Waals surface area contributed by atoms with Crippen LogP contribution in [0.25, 0.3) is 0 Å². The van der Waals surface area contributed by atoms with Gasteiger partial charge in [0.05, 0.1) is 7.11 Å². The lowest BCUT2D eigenvalue weighted by Crippen LogP contribution is -2.38. The predicted molar refractivity (Wildman–Crippen MR) is 99.5 cm³/mol. The molecule has 0 saturated carbocycles. The first-order chi connectivity index (χ1) is 12.6. The molecule has 1 N–H and O–H groups in total. The Morgan fingerprint density at radius 3 is 2.54 bits per heavy atom. The summed E-state index contributed by atoms with van der Waals surface area (Å²) in [4.78, 5) is 31.2. The van der Waals surface area contributed by atoms with Crippen LogP contribution in [0.3, 0.4) is 0 Å². The lowest BCUT2D eigenvalue weighted by Gasteiger charge is -2.30. The van der Waals surface area contributed by atoms with E-state index >= 15 is 0 Å². The molecule has 1 saturated heterocycles. The molecular weight excluding hydrogens is 330 g/mol. The van der Waals surface area contributed by atoms with E-state index in [-0.39, 0.29) is 17.5 Å². The highest BCUT2D eigenvalue weighted by Gasteiger charge is 2.23. The van der Waals surface area contributed by atoms with Crippen LogP contribution in [0, 0.1) is 5.92 Å². The van der Waals surface area contributed by atoms with Crippen LogP contribution in [0.2, 0.25) is 0 Å². The minimum absolute atomic E-state index is 0.118. The van der Waals surface area contributed by atoms with E-state index in [0.717, 1.165) is 25.9 Å². The Hall–Kier alpha value is -2.89. The predicted octanol–water partition coefficient (Wildman–Crippen LogP) is 3.21. The number of nitrogens with one attached hydrogen (secondary N) is 1. The summed E-state index contributed by atoms with van der Waals surface area (Å²) >= 11 is 0. The van der Waals surface area contributed by atoms with Crippen LogP contribution in [0.1, 0.15) is 40.7 Å². The van der Waals surface area contributed by atoms with E-state index < -0.39 is 0 Å². The lowest BCUT2D eigenvalue weighted by atomic mass is 9.99. The second kappa shape index (κ2) is 7.99. The Bertz CT molecular complexity index is 798. The number of hydrogen-bond acceptors (Lipinski definition) is 4. The second-order valence-electron chi connectivity index (χ2n) is 6.57. The van der Waals surface area contributed by atoms with E-state index in [4.69, 9.17) is 4.74 Å². The van der Waals surface area contributed by atoms with Crippen molar-refractivity contribution in [3.63, 3.8) is 0 Å². The number of rotatable bonds is 4. The summed E-state index contributed by atoms with van der Waals surface area (Å²) in [6, 6.07) is 12.0. The van der Waals surface area contributed by atoms with E-state index in [1.807, 2.05) is 4.90 Å². The van der Waals surface area contributed by atoms with Crippen LogP contribution < -0.4 is 10.1 Å². The second-order valence-corrected chi connectivity index (χ2v) is 6.57. The molecule has 0 bridgehead atoms. The molecule has 0 aliphatic carbocycles. The fraction of sp³-hybridized carbons (Fsp3) is 0.350. The number of hydrogen-bond donors (Lipinski definition) is 1. The van der Waals surface area contributed by atoms with Crippen molar-refractivity contribution >= 4 is 17.5 Å². The molecule has 0 unspecified atom stereocenters. The molecule has 6 nitrogen and oxygen atoms in total. The molecule has 6 heteroatoms. The van der Waals surface area contributed by atoms with Gasteiger partial charge in [-0.05, 0) is 43.0 Å². The van der Waals surface area contributed by atoms with Gasteiger partial charge in [0, 0.05) is 24.8 Å². The van der Waals surface area contributed by atoms with Gasteiger partial charge < -0.3 is 15.0 Å². The highest BCUT2D eigenvalue weighted by Crippen LogP contribution is 2.19. The highest BCUT2D eigenvalue weighted by atomic mass is 16.5. The number of methoxy groups -OCH3 is 1. The zero-order valence-electron chi connectivity index (χ0n) is 15.1. The summed E-state index contributed by atoms with van der Waals surface area (Å²) in [6.45, 7) is 3.67. The van der Waals surface area contributed by atoms with E-state index in [9.17, 15) is 9.59 Å². The van der Waals surface area contributed by atoms with Gasteiger partial charge in [0.1, 0.15) is 17.1 Å². The molecular formula is C20H23N3O3. The molecule has 1 aliphatic heterocycles. The van der Waals surface area contributed by atoms with E-state index in [1.54, 1.807) is 49.6 Å². The Morgan fingerprint density at radius 2 is 1.81 bits per heavy atom. The van der Waals surface area contributed by atoms with E-state index in [2.05, 4.69) is 17.2 Å². The summed E-state index contributed by atoms with van der Waals surface area (Å²) in [5.41, 5.74) is 1.12. The first-order valence-electron chi connectivity index (χ1n) is 8.78. The molecule has 1 aliphatic rings. The number of likely N-dealkylation sites (tertiary alicyclic amines) is 1. The van der Waals surface area contributed by atoms with E-state index in [1.165, 1.54) is 0 Å². The maximum atomic E-state index is 12.6. The Balaban J connectivity index is 1.71. The molecule has 2 amide bonds. The average Bonchev–Trinajstić information content (AvgIpc) is 2.68. The maximum absolute atomic E-state index is 12.6. The molecule has 0 spiro atoms. The molecule has 1 fully saturated rings. The number of piperidine rings is 1. The third-order valence-corrected chi connectivity index (χ3v) is 4.60. The third-order valence-electron chi connectivity index (χ3n) is 4.60. The van der Waals surface area contributed by atoms with E-state index in [0.29, 0.717) is 23.0 Å². The molecule has 1 aromatic heterocycles. The van der Waals surface area contributed by atoms with Crippen molar-refractivity contribution < 1.29 is 14.3 Å². The Kier molecular flexibility index (Phi) is 5.51. The monoisotopic (exact) mass is 353 g/mol. The minimum atomic E-state index is -0.361. The standard InChI is InChI=1S/C20H23N3O3/c1-14-9-11-23(12-10-14)20(25)18-8-4-7-17(22-18)19(24)21-15-5-3-6-16(13-15)26-2/h3-8,13-14H,9-12H2,1-2H3,(H,21,24). The maximum Gasteiger partial charge on any atom is 0.274 e. The SMILES string of the molecule is COc1cccc(NC(=O)c2cccc(C(=O)N3CCC(C)CC3)n2)c1. The first kappa shape index (κ1) is 17.9. The highest BCUT2D eigenvalue weighted by molar-refractivity contribution is 6.04. The summed E-state index contributed by atoms with van der Waals surface area (Å²) in [5.74, 6) is 0.819. The van der Waals surface area contributed by atoms with Crippen molar-refractivity contribution in [3.8, 4) is 5.75 Å². The van der Waals surface area contributed by atoms with Gasteiger partial charge in [-0.15, -0.1) is 0 Å². The topological polar surface area (TPSA) is 71.5 Å². The number of aromatic nitrogens is 1. The number of amides is 2. The molecule has 0 atom stereocenters. The van der Waals surface area contributed by atoms with Gasteiger partial charge >= 0.3 is 0 Å². The number of anilines is 1. The zero-order chi connectivity index (χ0) is 18.5. The van der Waals surface area contributed by atoms with Gasteiger partial charge in [-0.2, -0.15) is 0 Å². The van der Waals surface area contributed by atoms with Crippen molar-refractivity contribution in [1.29, 1.82) is 0 Å². The van der Waals surface area contributed by atoms with Crippen molar-refractivity contribution in [1.82, 2.24) is 9.88 Å². The quantitative estimate of drug-likeness (QED) is 0.916. The number of carbonyl (C=O) groups is 2. The Morgan fingerprint density at radius 1 is 1.12 bits per heavy atom. The molecule has 2 aromatic rings. The lowest BCUT2D eigenvalue weighted by molar-refractivity contribution is 0.0691. The fourth-order valence-electron chi connectivity index (χ4n) is 2.95. The van der Waals surface area contributed by atoms with Crippen LogP contribution in [0.5, 0.6) is 5.75 Å². The normalized spacial score (nSPS) is 14.8. The largest absolute Gasteiger partial charge is 0.497 e. The third kappa shape index (κ3) is 4.20. The molecule has 3 rings (SSSR count). The number of benzene rings is 1. The van der Waals surface area contributed by atoms with Crippen LogP contribution >= 0.6 is 0 Å². The molecule has 2 heterocycles. The van der Waals surface area contributed by atoms with Gasteiger partial charge in [-0.3, -0.25) is 9.59 Å². The number of carbonyl (C=O) groups excluding carboxylic acids is 2. The van der Waals surface area contributed by atoms with Crippen molar-refractivity contribution in [2.24, 2.45) is 5.92 Å². The van der Waals surface area contributed by atoms with Crippen molar-refractivity contribution in [3.05, 3.63) is 53.9 Å². The molecule has 26 heavy (non-hydrogen) atoms. The molecule has 136 valence electrons. The smallest absolute Gasteiger partial charge is 0.274 e. The Labute approximate surface area is 153 Å². The fourth-order valence-corrected chi connectivity index (χ4v) is 2.95. The van der Waals surface area contributed by atoms with Gasteiger partial charge in [-0.1, -0.05) is 19.1 Å². The zero-order valence-corrected chi connectivity index (χ0v) is 15.1. The summed E-state index contributed by atoms with van der Waals surface area (Å²) in [7, 11) is 1.57. The van der Waals surface area contributed by atoms with Gasteiger partial charge in [0.2, 0.25) is 0 Å². The number of nitrogens with zero attached hydrogens (tertiary/aromatic N) is 2. The molecule has 1 aromatic carbocycles. The molecule has 0 radical (unpaired) electrons. The van der Waals surface area contributed by atoms with Gasteiger partial charge in [0.15, 0.2) is 0 Å². The van der Waals surface area contributed by atoms with Crippen LogP contribution in [0.4, 0.5) is 5.69 Å². The van der Waals surface area contributed by atoms with Crippen LogP contribution in [-0.2, 0) is 0 Å². The van der Waals surface area contributed by atoms with Crippen LogP contribution in [-0.4, -0.2) is 41.9 Å². The van der Waals surface area contributed by atoms with Gasteiger partial charge in [-0.25, -0.2) is 4.98 Å². The summed E-state index contributed by atoms with van der Waals surface area (Å²) in [5, 5.41) is 2.78. The minimum Gasteiger partial charge on any atom is -0.497 e. The average molecular weight is 353 g/mol. The van der Waals surface area contributed by atoms with Crippen molar-refractivity contribution in [2.45, 2.75) is 19.8 Å². The van der Waals surface area contributed by atoms with Gasteiger partial charge in [0.25, 0.3) is 11.8 Å². The first-order valence-corrected chi connectivity index (χ1v) is 8.78. The summed E-state index contributed by atoms with van der Waals surface area (Å²) in [6.07, 6.45) is 2.00. The number of ether oxygens (including phenoxy) is 1. The summed E-state index contributed by atoms with van der Waals surface area (Å²) < 4.78 is 5.15. The number of pyridine rings is 1. The van der Waals surface area contributed by atoms with Crippen LogP contribution in [0.15, 0.2) is 42.5 Å².